The number of rotatable bonds is 3. The molecule has 0 aromatic carbocycles. The van der Waals surface area contributed by atoms with Crippen LogP contribution in [0.2, 0.25) is 0 Å². The fraction of sp³-hybridized carbons (Fsp3) is 0.889. The molecule has 2 fully saturated rings. The van der Waals surface area contributed by atoms with Crippen LogP contribution in [0.1, 0.15) is 66.2 Å². The highest BCUT2D eigenvalue weighted by molar-refractivity contribution is 5.16. The van der Waals surface area contributed by atoms with Gasteiger partial charge in [0.05, 0.1) is 12.2 Å². The molecule has 0 aromatic rings. The van der Waals surface area contributed by atoms with Crippen LogP contribution < -0.4 is 0 Å². The fourth-order valence-corrected chi connectivity index (χ4v) is 5.11. The van der Waals surface area contributed by atoms with Gasteiger partial charge in [-0.25, -0.2) is 0 Å². The Bertz CT molecular complexity index is 372. The van der Waals surface area contributed by atoms with E-state index in [9.17, 15) is 10.2 Å². The van der Waals surface area contributed by atoms with E-state index < -0.39 is 0 Å². The predicted octanol–water partition coefficient (Wildman–Crippen LogP) is 3.92. The Labute approximate surface area is 124 Å². The van der Waals surface area contributed by atoms with Crippen molar-refractivity contribution < 1.29 is 10.2 Å². The van der Waals surface area contributed by atoms with Crippen LogP contribution in [0, 0.1) is 22.7 Å². The van der Waals surface area contributed by atoms with Crippen LogP contribution in [0.5, 0.6) is 0 Å². The van der Waals surface area contributed by atoms with Crippen LogP contribution in [0.4, 0.5) is 0 Å². The SMILES string of the molecule is C=C1CC[C@H]2C(C)(C)[C@@H](O)CC[C@]2(C)[C@H]1CC[C@@H](C)O. The highest BCUT2D eigenvalue weighted by Crippen LogP contribution is 2.61. The summed E-state index contributed by atoms with van der Waals surface area (Å²) in [5.74, 6) is 1.06. The molecule has 0 heterocycles. The lowest BCUT2D eigenvalue weighted by molar-refractivity contribution is -0.125. The summed E-state index contributed by atoms with van der Waals surface area (Å²) in [5.41, 5.74) is 1.61. The summed E-state index contributed by atoms with van der Waals surface area (Å²) in [4.78, 5) is 0. The minimum Gasteiger partial charge on any atom is -0.393 e. The first kappa shape index (κ1) is 16.0. The minimum absolute atomic E-state index is 0.00319. The van der Waals surface area contributed by atoms with Gasteiger partial charge in [-0.15, -0.1) is 0 Å². The highest BCUT2D eigenvalue weighted by Gasteiger charge is 2.55. The predicted molar refractivity (Wildman–Crippen MR) is 83.4 cm³/mol. The van der Waals surface area contributed by atoms with Gasteiger partial charge in [0.15, 0.2) is 0 Å². The van der Waals surface area contributed by atoms with E-state index in [1.165, 1.54) is 5.57 Å². The molecule has 0 radical (unpaired) electrons. The van der Waals surface area contributed by atoms with Crippen molar-refractivity contribution in [2.45, 2.75) is 78.4 Å². The molecular weight excluding hydrogens is 248 g/mol. The van der Waals surface area contributed by atoms with Crippen LogP contribution in [-0.2, 0) is 0 Å². The highest BCUT2D eigenvalue weighted by atomic mass is 16.3. The molecule has 2 nitrogen and oxygen atoms in total. The second-order valence-corrected chi connectivity index (χ2v) is 8.11. The minimum atomic E-state index is -0.228. The molecule has 0 amide bonds. The summed E-state index contributed by atoms with van der Waals surface area (Å²) < 4.78 is 0. The Morgan fingerprint density at radius 3 is 2.55 bits per heavy atom. The Morgan fingerprint density at radius 1 is 1.30 bits per heavy atom. The van der Waals surface area contributed by atoms with Gasteiger partial charge in [-0.05, 0) is 68.1 Å². The zero-order valence-electron chi connectivity index (χ0n) is 13.7. The molecule has 0 aromatic heterocycles. The number of hydrogen-bond acceptors (Lipinski definition) is 2. The number of allylic oxidation sites excluding steroid dienone is 1. The molecule has 2 rings (SSSR count). The molecule has 0 saturated heterocycles. The van der Waals surface area contributed by atoms with Gasteiger partial charge in [0, 0.05) is 0 Å². The molecule has 2 aliphatic carbocycles. The van der Waals surface area contributed by atoms with Crippen LogP contribution in [0.15, 0.2) is 12.2 Å². The maximum absolute atomic E-state index is 10.4. The monoisotopic (exact) mass is 280 g/mol. The van der Waals surface area contributed by atoms with Gasteiger partial charge in [-0.1, -0.05) is 32.9 Å². The quantitative estimate of drug-likeness (QED) is 0.769. The van der Waals surface area contributed by atoms with E-state index in [0.29, 0.717) is 11.8 Å². The Kier molecular flexibility index (Phi) is 4.37. The first-order chi connectivity index (χ1) is 9.19. The maximum atomic E-state index is 10.4. The van der Waals surface area contributed by atoms with Gasteiger partial charge >= 0.3 is 0 Å². The van der Waals surface area contributed by atoms with Crippen LogP contribution >= 0.6 is 0 Å². The molecular formula is C18H32O2. The van der Waals surface area contributed by atoms with E-state index in [4.69, 9.17) is 0 Å². The zero-order chi connectivity index (χ0) is 15.1. The van der Waals surface area contributed by atoms with Crippen molar-refractivity contribution in [3.05, 3.63) is 12.2 Å². The van der Waals surface area contributed by atoms with E-state index in [2.05, 4.69) is 27.4 Å². The summed E-state index contributed by atoms with van der Waals surface area (Å²) in [6, 6.07) is 0. The molecule has 5 atom stereocenters. The van der Waals surface area contributed by atoms with Gasteiger partial charge in [0.25, 0.3) is 0 Å². The summed E-state index contributed by atoms with van der Waals surface area (Å²) in [7, 11) is 0. The number of hydrogen-bond donors (Lipinski definition) is 2. The summed E-state index contributed by atoms with van der Waals surface area (Å²) in [6.45, 7) is 13.1. The van der Waals surface area contributed by atoms with Crippen molar-refractivity contribution in [2.24, 2.45) is 22.7 Å². The fourth-order valence-electron chi connectivity index (χ4n) is 5.11. The van der Waals surface area contributed by atoms with E-state index in [1.807, 2.05) is 6.92 Å². The summed E-state index contributed by atoms with van der Waals surface area (Å²) in [6.07, 6.45) is 5.72. The third kappa shape index (κ3) is 2.57. The molecule has 2 saturated carbocycles. The molecule has 2 N–H and O–H groups in total. The lowest BCUT2D eigenvalue weighted by Crippen LogP contribution is -2.54. The topological polar surface area (TPSA) is 40.5 Å². The average Bonchev–Trinajstić information content (AvgIpc) is 2.33. The summed E-state index contributed by atoms with van der Waals surface area (Å²) >= 11 is 0. The molecule has 20 heavy (non-hydrogen) atoms. The van der Waals surface area contributed by atoms with Crippen LogP contribution in [-0.4, -0.2) is 22.4 Å². The van der Waals surface area contributed by atoms with Crippen molar-refractivity contribution >= 4 is 0 Å². The van der Waals surface area contributed by atoms with E-state index in [0.717, 1.165) is 38.5 Å². The van der Waals surface area contributed by atoms with Gasteiger partial charge in [-0.3, -0.25) is 0 Å². The first-order valence-electron chi connectivity index (χ1n) is 8.23. The normalized spacial score (nSPS) is 42.1. The maximum Gasteiger partial charge on any atom is 0.0594 e. The lowest BCUT2D eigenvalue weighted by Gasteiger charge is -2.59. The third-order valence-corrected chi connectivity index (χ3v) is 6.43. The number of aliphatic hydroxyl groups is 2. The Morgan fingerprint density at radius 2 is 1.95 bits per heavy atom. The van der Waals surface area contributed by atoms with E-state index in [1.54, 1.807) is 0 Å². The van der Waals surface area contributed by atoms with Gasteiger partial charge < -0.3 is 10.2 Å². The third-order valence-electron chi connectivity index (χ3n) is 6.43. The molecule has 0 spiro atoms. The van der Waals surface area contributed by atoms with Gasteiger partial charge in [0.1, 0.15) is 0 Å². The van der Waals surface area contributed by atoms with Crippen molar-refractivity contribution in [3.63, 3.8) is 0 Å². The Balaban J connectivity index is 2.26. The van der Waals surface area contributed by atoms with Crippen molar-refractivity contribution in [1.82, 2.24) is 0 Å². The van der Waals surface area contributed by atoms with Crippen LogP contribution in [0.3, 0.4) is 0 Å². The molecule has 0 aliphatic heterocycles. The van der Waals surface area contributed by atoms with Gasteiger partial charge in [0.2, 0.25) is 0 Å². The first-order valence-corrected chi connectivity index (χ1v) is 8.23. The second-order valence-electron chi connectivity index (χ2n) is 8.11. The molecule has 0 unspecified atom stereocenters. The Hall–Kier alpha value is -0.340. The molecule has 116 valence electrons. The second kappa shape index (κ2) is 5.46. The van der Waals surface area contributed by atoms with E-state index >= 15 is 0 Å². The zero-order valence-corrected chi connectivity index (χ0v) is 13.7. The molecule has 2 aliphatic rings. The van der Waals surface area contributed by atoms with Gasteiger partial charge in [-0.2, -0.15) is 0 Å². The molecule has 2 heteroatoms. The largest absolute Gasteiger partial charge is 0.393 e. The smallest absolute Gasteiger partial charge is 0.0594 e. The standard InChI is InChI=1S/C18H32O2/c1-12-6-9-15-17(3,4)16(20)10-11-18(15,5)14(12)8-7-13(2)19/h13-16,19-20H,1,6-11H2,2-5H3/t13-,14+,15+,16+,18-/m1/s1. The van der Waals surface area contributed by atoms with Crippen molar-refractivity contribution in [1.29, 1.82) is 0 Å². The van der Waals surface area contributed by atoms with Crippen molar-refractivity contribution in [3.8, 4) is 0 Å². The average molecular weight is 280 g/mol. The summed E-state index contributed by atoms with van der Waals surface area (Å²) in [5, 5.41) is 20.0. The number of aliphatic hydroxyl groups excluding tert-OH is 2. The van der Waals surface area contributed by atoms with Crippen LogP contribution in [0.25, 0.3) is 0 Å². The lowest BCUT2D eigenvalue weighted by atomic mass is 9.46. The van der Waals surface area contributed by atoms with Crippen molar-refractivity contribution in [2.75, 3.05) is 0 Å². The number of fused-ring (bicyclic) bond motifs is 1. The van der Waals surface area contributed by atoms with E-state index in [-0.39, 0.29) is 23.0 Å². The molecule has 0 bridgehead atoms.